The third-order valence-electron chi connectivity index (χ3n) is 4.48. The molecule has 0 unspecified atom stereocenters. The van der Waals surface area contributed by atoms with Crippen LogP contribution in [0.15, 0.2) is 24.3 Å². The van der Waals surface area contributed by atoms with Crippen LogP contribution in [0.5, 0.6) is 5.75 Å². The summed E-state index contributed by atoms with van der Waals surface area (Å²) >= 11 is 1.41. The van der Waals surface area contributed by atoms with Gasteiger partial charge in [-0.2, -0.15) is 0 Å². The Morgan fingerprint density at radius 1 is 1.22 bits per heavy atom. The fourth-order valence-corrected chi connectivity index (χ4v) is 4.20. The molecule has 27 heavy (non-hydrogen) atoms. The normalized spacial score (nSPS) is 10.9. The van der Waals surface area contributed by atoms with E-state index in [1.54, 1.807) is 13.2 Å². The molecule has 1 aromatic carbocycles. The number of fused-ring (bicyclic) bond motifs is 1. The SMILES string of the molecule is CCN(CC)c1nc(C)nc2sc(C(=O)Nc3cccc(OC)c3)c(C)c12. The van der Waals surface area contributed by atoms with Gasteiger partial charge in [-0.05, 0) is 45.4 Å². The molecule has 0 atom stereocenters. The second-order valence-corrected chi connectivity index (χ2v) is 7.19. The highest BCUT2D eigenvalue weighted by Gasteiger charge is 2.22. The Labute approximate surface area is 163 Å². The summed E-state index contributed by atoms with van der Waals surface area (Å²) in [5.41, 5.74) is 1.61. The lowest BCUT2D eigenvalue weighted by Gasteiger charge is -2.21. The first-order valence-electron chi connectivity index (χ1n) is 8.96. The molecular formula is C20H24N4O2S. The van der Waals surface area contributed by atoms with Gasteiger partial charge in [0.2, 0.25) is 0 Å². The Bertz CT molecular complexity index is 980. The second-order valence-electron chi connectivity index (χ2n) is 6.19. The van der Waals surface area contributed by atoms with Crippen LogP contribution in [0.25, 0.3) is 10.2 Å². The van der Waals surface area contributed by atoms with Crippen LogP contribution in [-0.4, -0.2) is 36.1 Å². The van der Waals surface area contributed by atoms with E-state index >= 15 is 0 Å². The molecule has 0 fully saturated rings. The number of thiophene rings is 1. The molecule has 0 bridgehead atoms. The van der Waals surface area contributed by atoms with Crippen LogP contribution >= 0.6 is 11.3 Å². The van der Waals surface area contributed by atoms with Crippen LogP contribution in [0, 0.1) is 13.8 Å². The third-order valence-corrected chi connectivity index (χ3v) is 5.66. The van der Waals surface area contributed by atoms with E-state index in [0.29, 0.717) is 22.1 Å². The molecule has 142 valence electrons. The van der Waals surface area contributed by atoms with Gasteiger partial charge in [0, 0.05) is 24.8 Å². The zero-order valence-electron chi connectivity index (χ0n) is 16.3. The summed E-state index contributed by atoms with van der Waals surface area (Å²) in [6, 6.07) is 7.33. The van der Waals surface area contributed by atoms with Crippen molar-refractivity contribution in [2.45, 2.75) is 27.7 Å². The predicted octanol–water partition coefficient (Wildman–Crippen LogP) is 4.42. The van der Waals surface area contributed by atoms with Crippen molar-refractivity contribution in [1.82, 2.24) is 9.97 Å². The minimum atomic E-state index is -0.146. The van der Waals surface area contributed by atoms with Crippen molar-refractivity contribution >= 4 is 39.0 Å². The maximum absolute atomic E-state index is 12.9. The number of nitrogens with zero attached hydrogens (tertiary/aromatic N) is 3. The largest absolute Gasteiger partial charge is 0.497 e. The van der Waals surface area contributed by atoms with Gasteiger partial charge >= 0.3 is 0 Å². The number of rotatable bonds is 6. The first-order valence-corrected chi connectivity index (χ1v) is 9.78. The Kier molecular flexibility index (Phi) is 5.60. The highest BCUT2D eigenvalue weighted by atomic mass is 32.1. The molecule has 3 aromatic rings. The van der Waals surface area contributed by atoms with Crippen molar-refractivity contribution in [2.24, 2.45) is 0 Å². The summed E-state index contributed by atoms with van der Waals surface area (Å²) in [5, 5.41) is 3.92. The number of aryl methyl sites for hydroxylation is 2. The number of hydrogen-bond donors (Lipinski definition) is 1. The minimum absolute atomic E-state index is 0.146. The molecule has 6 nitrogen and oxygen atoms in total. The van der Waals surface area contributed by atoms with Gasteiger partial charge in [0.25, 0.3) is 5.91 Å². The van der Waals surface area contributed by atoms with Crippen molar-refractivity contribution in [3.05, 3.63) is 40.5 Å². The van der Waals surface area contributed by atoms with Gasteiger partial charge in [0.05, 0.1) is 17.4 Å². The van der Waals surface area contributed by atoms with Gasteiger partial charge in [-0.15, -0.1) is 11.3 Å². The fraction of sp³-hybridized carbons (Fsp3) is 0.350. The van der Waals surface area contributed by atoms with Crippen LogP contribution in [0.4, 0.5) is 11.5 Å². The zero-order valence-corrected chi connectivity index (χ0v) is 17.1. The summed E-state index contributed by atoms with van der Waals surface area (Å²) in [6.07, 6.45) is 0. The molecule has 0 aliphatic heterocycles. The first-order chi connectivity index (χ1) is 13.0. The van der Waals surface area contributed by atoms with Gasteiger partial charge in [-0.3, -0.25) is 4.79 Å². The Morgan fingerprint density at radius 3 is 2.63 bits per heavy atom. The Morgan fingerprint density at radius 2 is 1.96 bits per heavy atom. The second kappa shape index (κ2) is 7.92. The molecule has 0 aliphatic rings. The summed E-state index contributed by atoms with van der Waals surface area (Å²) in [6.45, 7) is 9.75. The average Bonchev–Trinajstić information content (AvgIpc) is 2.99. The van der Waals surface area contributed by atoms with E-state index in [1.165, 1.54) is 11.3 Å². The number of hydrogen-bond acceptors (Lipinski definition) is 6. The maximum atomic E-state index is 12.9. The van der Waals surface area contributed by atoms with E-state index in [1.807, 2.05) is 32.0 Å². The number of anilines is 2. The van der Waals surface area contributed by atoms with Crippen LogP contribution < -0.4 is 15.0 Å². The number of carbonyl (C=O) groups is 1. The minimum Gasteiger partial charge on any atom is -0.497 e. The van der Waals surface area contributed by atoms with Gasteiger partial charge in [0.1, 0.15) is 22.2 Å². The molecule has 0 saturated heterocycles. The Hall–Kier alpha value is -2.67. The van der Waals surface area contributed by atoms with Crippen molar-refractivity contribution in [3.63, 3.8) is 0 Å². The van der Waals surface area contributed by atoms with Crippen molar-refractivity contribution in [1.29, 1.82) is 0 Å². The summed E-state index contributed by atoms with van der Waals surface area (Å²) in [4.78, 5) is 25.8. The van der Waals surface area contributed by atoms with Crippen molar-refractivity contribution < 1.29 is 9.53 Å². The molecule has 0 spiro atoms. The zero-order chi connectivity index (χ0) is 19.6. The van der Waals surface area contributed by atoms with E-state index in [-0.39, 0.29) is 5.91 Å². The molecular weight excluding hydrogens is 360 g/mol. The average molecular weight is 385 g/mol. The van der Waals surface area contributed by atoms with Gasteiger partial charge < -0.3 is 15.0 Å². The highest BCUT2D eigenvalue weighted by Crippen LogP contribution is 2.36. The number of methoxy groups -OCH3 is 1. The molecule has 0 radical (unpaired) electrons. The molecule has 3 rings (SSSR count). The van der Waals surface area contributed by atoms with Gasteiger partial charge in [-0.1, -0.05) is 6.07 Å². The van der Waals surface area contributed by atoms with Crippen molar-refractivity contribution in [2.75, 3.05) is 30.4 Å². The van der Waals surface area contributed by atoms with E-state index in [9.17, 15) is 4.79 Å². The maximum Gasteiger partial charge on any atom is 0.266 e. The Balaban J connectivity index is 2.03. The fourth-order valence-electron chi connectivity index (χ4n) is 3.08. The van der Waals surface area contributed by atoms with E-state index in [0.717, 1.165) is 34.7 Å². The first kappa shape index (κ1) is 19.1. The quantitative estimate of drug-likeness (QED) is 0.682. The van der Waals surface area contributed by atoms with Crippen molar-refractivity contribution in [3.8, 4) is 5.75 Å². The van der Waals surface area contributed by atoms with E-state index in [4.69, 9.17) is 4.74 Å². The lowest BCUT2D eigenvalue weighted by atomic mass is 10.1. The van der Waals surface area contributed by atoms with Crippen LogP contribution in [-0.2, 0) is 0 Å². The molecule has 2 aromatic heterocycles. The third kappa shape index (κ3) is 3.73. The predicted molar refractivity (Wildman–Crippen MR) is 111 cm³/mol. The molecule has 0 aliphatic carbocycles. The van der Waals surface area contributed by atoms with Gasteiger partial charge in [-0.25, -0.2) is 9.97 Å². The monoisotopic (exact) mass is 384 g/mol. The smallest absolute Gasteiger partial charge is 0.266 e. The molecule has 7 heteroatoms. The number of nitrogens with one attached hydrogen (secondary N) is 1. The summed E-state index contributed by atoms with van der Waals surface area (Å²) in [7, 11) is 1.60. The van der Waals surface area contributed by atoms with E-state index < -0.39 is 0 Å². The van der Waals surface area contributed by atoms with Gasteiger partial charge in [0.15, 0.2) is 0 Å². The van der Waals surface area contributed by atoms with E-state index in [2.05, 4.69) is 34.0 Å². The lowest BCUT2D eigenvalue weighted by molar-refractivity contribution is 0.103. The standard InChI is InChI=1S/C20H24N4O2S/c1-6-24(7-2)18-16-12(3)17(27-20(16)22-13(4)21-18)19(25)23-14-9-8-10-15(11-14)26-5/h8-11H,6-7H2,1-5H3,(H,23,25). The number of carbonyl (C=O) groups excluding carboxylic acids is 1. The molecule has 0 saturated carbocycles. The van der Waals surface area contributed by atoms with Crippen LogP contribution in [0.3, 0.4) is 0 Å². The number of benzene rings is 1. The topological polar surface area (TPSA) is 67.4 Å². The summed E-state index contributed by atoms with van der Waals surface area (Å²) < 4.78 is 5.22. The highest BCUT2D eigenvalue weighted by molar-refractivity contribution is 7.20. The van der Waals surface area contributed by atoms with Crippen LogP contribution in [0.2, 0.25) is 0 Å². The number of aromatic nitrogens is 2. The molecule has 2 heterocycles. The number of ether oxygens (including phenoxy) is 1. The molecule has 1 amide bonds. The summed E-state index contributed by atoms with van der Waals surface area (Å²) in [5.74, 6) is 2.17. The number of amides is 1. The molecule has 1 N–H and O–H groups in total. The van der Waals surface area contributed by atoms with Crippen LogP contribution in [0.1, 0.15) is 34.9 Å². The lowest BCUT2D eigenvalue weighted by Crippen LogP contribution is -2.23.